The van der Waals surface area contributed by atoms with Crippen molar-refractivity contribution in [3.63, 3.8) is 0 Å². The lowest BCUT2D eigenvalue weighted by Gasteiger charge is -2.25. The Morgan fingerprint density at radius 1 is 1.44 bits per heavy atom. The standard InChI is InChI=1S/C13H18N2OS2/c1-18-11-4-2-3-10(12(11)13(14)17)15-9-5-7-16-8-6-9/h2-4,9,15H,5-8H2,1H3,(H2,14,17). The van der Waals surface area contributed by atoms with Crippen LogP contribution in [-0.2, 0) is 4.74 Å². The summed E-state index contributed by atoms with van der Waals surface area (Å²) in [6, 6.07) is 6.58. The fourth-order valence-electron chi connectivity index (χ4n) is 2.14. The summed E-state index contributed by atoms with van der Waals surface area (Å²) in [5.41, 5.74) is 7.86. The van der Waals surface area contributed by atoms with Crippen LogP contribution in [0.5, 0.6) is 0 Å². The van der Waals surface area contributed by atoms with Crippen LogP contribution in [0.1, 0.15) is 18.4 Å². The monoisotopic (exact) mass is 282 g/mol. The van der Waals surface area contributed by atoms with Crippen molar-refractivity contribution < 1.29 is 4.74 Å². The molecule has 1 aliphatic heterocycles. The average Bonchev–Trinajstić information content (AvgIpc) is 2.39. The molecule has 18 heavy (non-hydrogen) atoms. The molecule has 0 spiro atoms. The summed E-state index contributed by atoms with van der Waals surface area (Å²) in [5, 5.41) is 3.54. The van der Waals surface area contributed by atoms with Crippen LogP contribution in [-0.4, -0.2) is 30.5 Å². The van der Waals surface area contributed by atoms with Gasteiger partial charge in [0.1, 0.15) is 4.99 Å². The summed E-state index contributed by atoms with van der Waals surface area (Å²) in [4.78, 5) is 1.58. The maximum atomic E-state index is 5.85. The second-order valence-corrected chi connectivity index (χ2v) is 5.57. The molecule has 0 unspecified atom stereocenters. The van der Waals surface area contributed by atoms with E-state index in [1.54, 1.807) is 11.8 Å². The number of benzene rings is 1. The van der Waals surface area contributed by atoms with Crippen molar-refractivity contribution >= 4 is 34.7 Å². The predicted octanol–water partition coefficient (Wildman–Crippen LogP) is 2.63. The molecule has 1 aliphatic rings. The van der Waals surface area contributed by atoms with Crippen LogP contribution in [0.2, 0.25) is 0 Å². The second kappa shape index (κ2) is 6.41. The van der Waals surface area contributed by atoms with Gasteiger partial charge in [-0.25, -0.2) is 0 Å². The van der Waals surface area contributed by atoms with Crippen LogP contribution in [0, 0.1) is 0 Å². The van der Waals surface area contributed by atoms with E-state index in [-0.39, 0.29) is 0 Å². The Morgan fingerprint density at radius 3 is 2.78 bits per heavy atom. The number of nitrogens with two attached hydrogens (primary N) is 1. The highest BCUT2D eigenvalue weighted by Gasteiger charge is 2.17. The lowest BCUT2D eigenvalue weighted by Crippen LogP contribution is -2.29. The van der Waals surface area contributed by atoms with Gasteiger partial charge >= 0.3 is 0 Å². The van der Waals surface area contributed by atoms with Crippen LogP contribution in [0.4, 0.5) is 5.69 Å². The smallest absolute Gasteiger partial charge is 0.107 e. The molecule has 0 saturated carbocycles. The van der Waals surface area contributed by atoms with Crippen LogP contribution in [0.15, 0.2) is 23.1 Å². The Morgan fingerprint density at radius 2 is 2.17 bits per heavy atom. The maximum Gasteiger partial charge on any atom is 0.107 e. The Balaban J connectivity index is 2.23. The quantitative estimate of drug-likeness (QED) is 0.657. The van der Waals surface area contributed by atoms with E-state index < -0.39 is 0 Å². The topological polar surface area (TPSA) is 47.3 Å². The zero-order valence-corrected chi connectivity index (χ0v) is 12.1. The highest BCUT2D eigenvalue weighted by atomic mass is 32.2. The Bertz CT molecular complexity index is 431. The Kier molecular flexibility index (Phi) is 4.86. The molecule has 1 aromatic rings. The third-order valence-corrected chi connectivity index (χ3v) is 4.06. The second-order valence-electron chi connectivity index (χ2n) is 4.28. The maximum absolute atomic E-state index is 5.85. The van der Waals surface area contributed by atoms with Crippen molar-refractivity contribution in [3.05, 3.63) is 23.8 Å². The first-order chi connectivity index (χ1) is 8.72. The van der Waals surface area contributed by atoms with Crippen LogP contribution in [0.3, 0.4) is 0 Å². The number of ether oxygens (including phenoxy) is 1. The Hall–Kier alpha value is -0.780. The summed E-state index contributed by atoms with van der Waals surface area (Å²) >= 11 is 6.84. The van der Waals surface area contributed by atoms with Crippen molar-refractivity contribution in [1.82, 2.24) is 0 Å². The van der Waals surface area contributed by atoms with Gasteiger partial charge < -0.3 is 15.8 Å². The summed E-state index contributed by atoms with van der Waals surface area (Å²) < 4.78 is 5.37. The molecule has 0 aromatic heterocycles. The highest BCUT2D eigenvalue weighted by molar-refractivity contribution is 7.98. The van der Waals surface area contributed by atoms with Gasteiger partial charge in [-0.1, -0.05) is 18.3 Å². The van der Waals surface area contributed by atoms with Gasteiger partial charge in [0.25, 0.3) is 0 Å². The number of thioether (sulfide) groups is 1. The van der Waals surface area contributed by atoms with Gasteiger partial charge in [0, 0.05) is 35.4 Å². The van der Waals surface area contributed by atoms with Crippen LogP contribution in [0.25, 0.3) is 0 Å². The summed E-state index contributed by atoms with van der Waals surface area (Å²) in [7, 11) is 0. The number of hydrogen-bond donors (Lipinski definition) is 2. The van der Waals surface area contributed by atoms with Gasteiger partial charge in [-0.05, 0) is 31.2 Å². The van der Waals surface area contributed by atoms with E-state index in [9.17, 15) is 0 Å². The normalized spacial score (nSPS) is 16.5. The number of rotatable bonds is 4. The first-order valence-corrected chi connectivity index (χ1v) is 7.66. The fraction of sp³-hybridized carbons (Fsp3) is 0.462. The minimum Gasteiger partial charge on any atom is -0.389 e. The molecule has 0 atom stereocenters. The Labute approximate surface area is 117 Å². The molecule has 0 bridgehead atoms. The van der Waals surface area contributed by atoms with Gasteiger partial charge in [0.15, 0.2) is 0 Å². The van der Waals surface area contributed by atoms with Crippen LogP contribution >= 0.6 is 24.0 Å². The average molecular weight is 282 g/mol. The van der Waals surface area contributed by atoms with E-state index >= 15 is 0 Å². The van der Waals surface area contributed by atoms with Gasteiger partial charge in [-0.3, -0.25) is 0 Å². The zero-order valence-electron chi connectivity index (χ0n) is 10.4. The molecule has 98 valence electrons. The van der Waals surface area contributed by atoms with E-state index in [0.29, 0.717) is 11.0 Å². The molecule has 0 aliphatic carbocycles. The molecule has 3 N–H and O–H groups in total. The minimum atomic E-state index is 0.448. The number of thiocarbonyl (C=S) groups is 1. The lowest BCUT2D eigenvalue weighted by atomic mass is 10.1. The van der Waals surface area contributed by atoms with Gasteiger partial charge in [-0.2, -0.15) is 0 Å². The van der Waals surface area contributed by atoms with Crippen LogP contribution < -0.4 is 11.1 Å². The summed E-state index contributed by atoms with van der Waals surface area (Å²) in [5.74, 6) is 0. The first-order valence-electron chi connectivity index (χ1n) is 6.03. The van der Waals surface area contributed by atoms with Gasteiger partial charge in [0.05, 0.1) is 0 Å². The molecule has 5 heteroatoms. The van der Waals surface area contributed by atoms with Crippen molar-refractivity contribution in [1.29, 1.82) is 0 Å². The zero-order chi connectivity index (χ0) is 13.0. The molecular formula is C13H18N2OS2. The first kappa shape index (κ1) is 13.6. The minimum absolute atomic E-state index is 0.448. The SMILES string of the molecule is CSc1cccc(NC2CCOCC2)c1C(N)=S. The number of anilines is 1. The summed E-state index contributed by atoms with van der Waals surface area (Å²) in [6.45, 7) is 1.64. The lowest BCUT2D eigenvalue weighted by molar-refractivity contribution is 0.0904. The molecule has 0 radical (unpaired) electrons. The van der Waals surface area contributed by atoms with Crippen molar-refractivity contribution in [2.45, 2.75) is 23.8 Å². The van der Waals surface area contributed by atoms with E-state index in [0.717, 1.165) is 42.2 Å². The van der Waals surface area contributed by atoms with E-state index in [1.165, 1.54) is 0 Å². The molecular weight excluding hydrogens is 264 g/mol. The molecule has 1 heterocycles. The van der Waals surface area contributed by atoms with Gasteiger partial charge in [-0.15, -0.1) is 11.8 Å². The number of nitrogens with one attached hydrogen (secondary N) is 1. The fourth-order valence-corrected chi connectivity index (χ4v) is 3.06. The predicted molar refractivity (Wildman–Crippen MR) is 81.6 cm³/mol. The molecule has 1 aromatic carbocycles. The largest absolute Gasteiger partial charge is 0.389 e. The van der Waals surface area contributed by atoms with E-state index in [4.69, 9.17) is 22.7 Å². The third-order valence-electron chi connectivity index (χ3n) is 3.07. The third kappa shape index (κ3) is 3.16. The summed E-state index contributed by atoms with van der Waals surface area (Å²) in [6.07, 6.45) is 4.09. The van der Waals surface area contributed by atoms with Gasteiger partial charge in [0.2, 0.25) is 0 Å². The van der Waals surface area contributed by atoms with Crippen molar-refractivity contribution in [2.24, 2.45) is 5.73 Å². The van der Waals surface area contributed by atoms with E-state index in [1.807, 2.05) is 24.5 Å². The van der Waals surface area contributed by atoms with Crippen molar-refractivity contribution in [2.75, 3.05) is 24.8 Å². The molecule has 3 nitrogen and oxygen atoms in total. The van der Waals surface area contributed by atoms with E-state index in [2.05, 4.69) is 5.32 Å². The molecule has 0 amide bonds. The molecule has 2 rings (SSSR count). The number of hydrogen-bond acceptors (Lipinski definition) is 4. The van der Waals surface area contributed by atoms with Crippen molar-refractivity contribution in [3.8, 4) is 0 Å². The molecule has 1 fully saturated rings. The molecule has 1 saturated heterocycles. The highest BCUT2D eigenvalue weighted by Crippen LogP contribution is 2.28.